The SMILES string of the molecule is CC(CO)NC(=O)c1cnc(Oc2ccc(C(F)(F)F)cc2)c(/C(N)=N/N(C)N)c1. The number of nitrogens with zero attached hydrogens (tertiary/aromatic N) is 3. The molecule has 1 aromatic carbocycles. The van der Waals surface area contributed by atoms with Crippen LogP contribution in [0.5, 0.6) is 11.6 Å². The first-order valence-electron chi connectivity index (χ1n) is 8.61. The van der Waals surface area contributed by atoms with Gasteiger partial charge in [-0.2, -0.15) is 13.2 Å². The highest BCUT2D eigenvalue weighted by Crippen LogP contribution is 2.31. The molecule has 0 saturated heterocycles. The Morgan fingerprint density at radius 2 is 2.00 bits per heavy atom. The van der Waals surface area contributed by atoms with Crippen LogP contribution in [-0.2, 0) is 6.18 Å². The summed E-state index contributed by atoms with van der Waals surface area (Å²) in [5, 5.41) is 16.4. The van der Waals surface area contributed by atoms with Gasteiger partial charge in [0.1, 0.15) is 5.75 Å². The molecule has 0 aliphatic rings. The number of amides is 1. The predicted octanol–water partition coefficient (Wildman–Crippen LogP) is 1.43. The number of hydrogen-bond donors (Lipinski definition) is 4. The van der Waals surface area contributed by atoms with Crippen molar-refractivity contribution in [3.05, 3.63) is 53.2 Å². The predicted molar refractivity (Wildman–Crippen MR) is 102 cm³/mol. The Morgan fingerprint density at radius 3 is 2.53 bits per heavy atom. The smallest absolute Gasteiger partial charge is 0.416 e. The number of carbonyl (C=O) groups is 1. The molecule has 30 heavy (non-hydrogen) atoms. The molecule has 162 valence electrons. The lowest BCUT2D eigenvalue weighted by Gasteiger charge is -2.15. The van der Waals surface area contributed by atoms with Crippen molar-refractivity contribution in [2.75, 3.05) is 13.7 Å². The van der Waals surface area contributed by atoms with Crippen LogP contribution in [0, 0.1) is 0 Å². The summed E-state index contributed by atoms with van der Waals surface area (Å²) < 4.78 is 43.7. The van der Waals surface area contributed by atoms with Gasteiger partial charge in [-0.15, -0.1) is 5.10 Å². The molecule has 2 rings (SSSR count). The Hall–Kier alpha value is -3.38. The highest BCUT2D eigenvalue weighted by molar-refractivity contribution is 6.02. The summed E-state index contributed by atoms with van der Waals surface area (Å²) in [6.45, 7) is 1.34. The third kappa shape index (κ3) is 6.06. The van der Waals surface area contributed by atoms with Gasteiger partial charge in [-0.05, 0) is 37.3 Å². The summed E-state index contributed by atoms with van der Waals surface area (Å²) >= 11 is 0. The first-order valence-corrected chi connectivity index (χ1v) is 8.61. The van der Waals surface area contributed by atoms with Crippen molar-refractivity contribution in [2.24, 2.45) is 16.7 Å². The fourth-order valence-corrected chi connectivity index (χ4v) is 2.24. The van der Waals surface area contributed by atoms with Crippen molar-refractivity contribution in [3.63, 3.8) is 0 Å². The highest BCUT2D eigenvalue weighted by atomic mass is 19.4. The summed E-state index contributed by atoms with van der Waals surface area (Å²) in [5.74, 6) is 4.77. The summed E-state index contributed by atoms with van der Waals surface area (Å²) in [6, 6.07) is 4.82. The van der Waals surface area contributed by atoms with E-state index in [9.17, 15) is 18.0 Å². The van der Waals surface area contributed by atoms with Gasteiger partial charge in [-0.3, -0.25) is 4.79 Å². The number of hydrazone groups is 1. The number of aromatic nitrogens is 1. The maximum Gasteiger partial charge on any atom is 0.416 e. The first-order chi connectivity index (χ1) is 14.0. The zero-order chi connectivity index (χ0) is 22.5. The zero-order valence-electron chi connectivity index (χ0n) is 16.1. The summed E-state index contributed by atoms with van der Waals surface area (Å²) in [4.78, 5) is 16.3. The maximum atomic E-state index is 12.7. The Balaban J connectivity index is 2.39. The molecule has 12 heteroatoms. The number of aliphatic hydroxyl groups is 1. The normalized spacial score (nSPS) is 13.0. The Bertz CT molecular complexity index is 916. The van der Waals surface area contributed by atoms with E-state index < -0.39 is 23.7 Å². The van der Waals surface area contributed by atoms with Gasteiger partial charge in [-0.25, -0.2) is 15.9 Å². The molecule has 0 aliphatic carbocycles. The molecule has 1 unspecified atom stereocenters. The van der Waals surface area contributed by atoms with Crippen LogP contribution >= 0.6 is 0 Å². The van der Waals surface area contributed by atoms with E-state index in [4.69, 9.17) is 21.4 Å². The molecule has 9 nitrogen and oxygen atoms in total. The third-order valence-corrected chi connectivity index (χ3v) is 3.70. The number of rotatable bonds is 7. The van der Waals surface area contributed by atoms with E-state index in [0.29, 0.717) is 0 Å². The molecule has 1 amide bonds. The van der Waals surface area contributed by atoms with E-state index in [1.54, 1.807) is 6.92 Å². The van der Waals surface area contributed by atoms with Crippen LogP contribution in [0.2, 0.25) is 0 Å². The zero-order valence-corrected chi connectivity index (χ0v) is 16.1. The summed E-state index contributed by atoms with van der Waals surface area (Å²) in [7, 11) is 1.41. The topological polar surface area (TPSA) is 139 Å². The molecule has 0 fully saturated rings. The van der Waals surface area contributed by atoms with Gasteiger partial charge in [0.15, 0.2) is 5.84 Å². The Kier molecular flexibility index (Phi) is 7.19. The molecule has 1 atom stereocenters. The van der Waals surface area contributed by atoms with E-state index in [1.807, 2.05) is 0 Å². The number of hydrogen-bond acceptors (Lipinski definition) is 7. The fraction of sp³-hybridized carbons (Fsp3) is 0.278. The van der Waals surface area contributed by atoms with Crippen LogP contribution in [0.25, 0.3) is 0 Å². The molecule has 0 radical (unpaired) electrons. The number of benzene rings is 1. The van der Waals surface area contributed by atoms with Crippen molar-refractivity contribution in [3.8, 4) is 11.6 Å². The fourth-order valence-electron chi connectivity index (χ4n) is 2.24. The van der Waals surface area contributed by atoms with Crippen LogP contribution in [0.1, 0.15) is 28.4 Å². The average Bonchev–Trinajstić information content (AvgIpc) is 2.67. The lowest BCUT2D eigenvalue weighted by atomic mass is 10.1. The molecule has 6 N–H and O–H groups in total. The molecule has 0 spiro atoms. The maximum absolute atomic E-state index is 12.7. The van der Waals surface area contributed by atoms with Gasteiger partial charge in [0, 0.05) is 19.3 Å². The van der Waals surface area contributed by atoms with Crippen LogP contribution in [0.3, 0.4) is 0 Å². The van der Waals surface area contributed by atoms with E-state index in [0.717, 1.165) is 29.4 Å². The number of pyridine rings is 1. The van der Waals surface area contributed by atoms with Gasteiger partial charge in [0.2, 0.25) is 5.88 Å². The van der Waals surface area contributed by atoms with Gasteiger partial charge < -0.3 is 20.9 Å². The second kappa shape index (κ2) is 9.41. The quantitative estimate of drug-likeness (QED) is 0.227. The molecular formula is C18H21F3N6O3. The van der Waals surface area contributed by atoms with Crippen molar-refractivity contribution in [2.45, 2.75) is 19.1 Å². The van der Waals surface area contributed by atoms with Gasteiger partial charge in [0.05, 0.1) is 23.3 Å². The lowest BCUT2D eigenvalue weighted by molar-refractivity contribution is -0.137. The molecule has 0 aliphatic heterocycles. The number of halogens is 3. The number of nitrogens with two attached hydrogens (primary N) is 2. The summed E-state index contributed by atoms with van der Waals surface area (Å²) in [5.41, 5.74) is 5.28. The number of aliphatic hydroxyl groups excluding tert-OH is 1. The second-order valence-electron chi connectivity index (χ2n) is 6.32. The minimum Gasteiger partial charge on any atom is -0.438 e. The number of ether oxygens (including phenoxy) is 1. The molecule has 0 saturated carbocycles. The number of amidine groups is 1. The molecule has 0 bridgehead atoms. The van der Waals surface area contributed by atoms with Crippen molar-refractivity contribution >= 4 is 11.7 Å². The van der Waals surface area contributed by atoms with Crippen LogP contribution in [0.4, 0.5) is 13.2 Å². The average molecular weight is 426 g/mol. The monoisotopic (exact) mass is 426 g/mol. The van der Waals surface area contributed by atoms with Crippen LogP contribution in [-0.4, -0.2) is 46.6 Å². The minimum absolute atomic E-state index is 0.0664. The Morgan fingerprint density at radius 1 is 1.37 bits per heavy atom. The van der Waals surface area contributed by atoms with Crippen molar-refractivity contribution in [1.29, 1.82) is 0 Å². The number of nitrogens with one attached hydrogen (secondary N) is 1. The van der Waals surface area contributed by atoms with Crippen molar-refractivity contribution in [1.82, 2.24) is 15.4 Å². The number of carbonyl (C=O) groups excluding carboxylic acids is 1. The van der Waals surface area contributed by atoms with E-state index >= 15 is 0 Å². The largest absolute Gasteiger partial charge is 0.438 e. The van der Waals surface area contributed by atoms with Crippen LogP contribution < -0.4 is 21.6 Å². The molecular weight excluding hydrogens is 405 g/mol. The van der Waals surface area contributed by atoms with Gasteiger partial charge >= 0.3 is 6.18 Å². The minimum atomic E-state index is -4.48. The van der Waals surface area contributed by atoms with Crippen molar-refractivity contribution < 1.29 is 27.8 Å². The standard InChI is InChI=1S/C18H21F3N6O3/c1-10(9-28)25-16(29)11-7-14(15(22)26-27(2)23)17(24-8-11)30-13-5-3-12(4-6-13)18(19,20)21/h3-8,10,28H,9,23H2,1-2H3,(H2,22,26)(H,25,29). The van der Waals surface area contributed by atoms with Gasteiger partial charge in [-0.1, -0.05) is 0 Å². The van der Waals surface area contributed by atoms with Gasteiger partial charge in [0.25, 0.3) is 5.91 Å². The molecule has 1 heterocycles. The number of alkyl halides is 3. The third-order valence-electron chi connectivity index (χ3n) is 3.70. The van der Waals surface area contributed by atoms with E-state index in [1.165, 1.54) is 19.3 Å². The van der Waals surface area contributed by atoms with E-state index in [-0.39, 0.29) is 35.2 Å². The van der Waals surface area contributed by atoms with E-state index in [2.05, 4.69) is 15.4 Å². The summed E-state index contributed by atoms with van der Waals surface area (Å²) in [6.07, 6.45) is -3.28. The second-order valence-corrected chi connectivity index (χ2v) is 6.32. The molecule has 2 aromatic rings. The number of hydrazine groups is 1. The lowest BCUT2D eigenvalue weighted by Crippen LogP contribution is -2.35. The van der Waals surface area contributed by atoms with Crippen LogP contribution in [0.15, 0.2) is 41.6 Å². The Labute approximate surface area is 170 Å². The first kappa shape index (κ1) is 22.9. The highest BCUT2D eigenvalue weighted by Gasteiger charge is 2.30. The molecule has 1 aromatic heterocycles.